The molecule has 0 radical (unpaired) electrons. The number of aromatic hydroxyl groups is 2. The summed E-state index contributed by atoms with van der Waals surface area (Å²) in [4.78, 5) is 18.0. The fraction of sp³-hybridized carbons (Fsp3) is 0.0769. The van der Waals surface area contributed by atoms with E-state index >= 15 is 0 Å². The zero-order valence-corrected chi connectivity index (χ0v) is 19.1. The molecule has 0 aliphatic rings. The van der Waals surface area contributed by atoms with Crippen molar-refractivity contribution >= 4 is 17.1 Å². The Morgan fingerprint density at radius 2 is 1.65 bits per heavy atom. The summed E-state index contributed by atoms with van der Waals surface area (Å²) in [6.07, 6.45) is 0. The zero-order chi connectivity index (χ0) is 24.0. The molecule has 2 aromatic carbocycles. The van der Waals surface area contributed by atoms with Crippen LogP contribution < -0.4 is 0 Å². The molecule has 8 heteroatoms. The molecule has 0 amide bonds. The monoisotopic (exact) mass is 474 g/mol. The number of rotatable bonds is 5. The Morgan fingerprint density at radius 3 is 2.29 bits per heavy atom. The van der Waals surface area contributed by atoms with Crippen molar-refractivity contribution in [3.63, 3.8) is 0 Å². The van der Waals surface area contributed by atoms with Gasteiger partial charge in [0.1, 0.15) is 11.6 Å². The average molecular weight is 475 g/mol. The van der Waals surface area contributed by atoms with Crippen LogP contribution in [0.2, 0.25) is 0 Å². The Hall–Kier alpha value is -4.17. The van der Waals surface area contributed by atoms with E-state index < -0.39 is 23.2 Å². The highest BCUT2D eigenvalue weighted by Gasteiger charge is 2.32. The predicted octanol–water partition coefficient (Wildman–Crippen LogP) is 6.26. The number of ketones is 1. The smallest absolute Gasteiger partial charge is 0.242 e. The number of nitrogens with zero attached hydrogens (tertiary/aromatic N) is 2. The van der Waals surface area contributed by atoms with E-state index in [4.69, 9.17) is 4.42 Å². The van der Waals surface area contributed by atoms with E-state index in [0.29, 0.717) is 22.1 Å². The average Bonchev–Trinajstić information content (AvgIpc) is 3.54. The number of carbonyl (C=O) groups is 1. The molecule has 0 fully saturated rings. The summed E-state index contributed by atoms with van der Waals surface area (Å²) >= 11 is 1.23. The van der Waals surface area contributed by atoms with Crippen molar-refractivity contribution in [2.24, 2.45) is 0 Å². The van der Waals surface area contributed by atoms with Crippen LogP contribution in [-0.2, 0) is 0 Å². The second-order valence-electron chi connectivity index (χ2n) is 7.86. The number of thiazole rings is 1. The van der Waals surface area contributed by atoms with Gasteiger partial charge in [-0.3, -0.25) is 9.36 Å². The van der Waals surface area contributed by atoms with Crippen LogP contribution in [0.4, 0.5) is 4.39 Å². The fourth-order valence-corrected chi connectivity index (χ4v) is 4.57. The van der Waals surface area contributed by atoms with E-state index in [1.807, 2.05) is 36.6 Å². The molecule has 0 aliphatic carbocycles. The number of aromatic nitrogens is 2. The number of halogens is 1. The lowest BCUT2D eigenvalue weighted by Gasteiger charge is -2.09. The highest BCUT2D eigenvalue weighted by Crippen LogP contribution is 2.45. The van der Waals surface area contributed by atoms with Crippen LogP contribution in [0.15, 0.2) is 70.5 Å². The molecule has 5 aromatic rings. The molecule has 2 N–H and O–H groups in total. The first-order valence-electron chi connectivity index (χ1n) is 10.4. The Bertz CT molecular complexity index is 1510. The van der Waals surface area contributed by atoms with E-state index in [9.17, 15) is 19.4 Å². The lowest BCUT2D eigenvalue weighted by molar-refractivity contribution is 0.101. The predicted molar refractivity (Wildman–Crippen MR) is 127 cm³/mol. The SMILES string of the molecule is Cc1ccc(-c2csc(-n3c(O)c(O)c(C(=O)c4ccc(C)o4)c3-c3ccc(F)cc3)n2)cc1. The molecule has 5 rings (SSSR count). The molecule has 3 aromatic heterocycles. The first-order valence-corrected chi connectivity index (χ1v) is 11.3. The summed E-state index contributed by atoms with van der Waals surface area (Å²) in [5.41, 5.74) is 3.10. The van der Waals surface area contributed by atoms with Crippen molar-refractivity contribution in [2.45, 2.75) is 13.8 Å². The Morgan fingerprint density at radius 1 is 0.971 bits per heavy atom. The minimum Gasteiger partial charge on any atom is -0.503 e. The summed E-state index contributed by atoms with van der Waals surface area (Å²) in [6.45, 7) is 3.69. The third-order valence-corrected chi connectivity index (χ3v) is 6.29. The molecule has 0 unspecified atom stereocenters. The van der Waals surface area contributed by atoms with Gasteiger partial charge in [0.05, 0.1) is 17.0 Å². The third kappa shape index (κ3) is 3.68. The van der Waals surface area contributed by atoms with Gasteiger partial charge in [-0.15, -0.1) is 11.3 Å². The normalized spacial score (nSPS) is 11.1. The van der Waals surface area contributed by atoms with Crippen molar-refractivity contribution in [2.75, 3.05) is 0 Å². The first-order chi connectivity index (χ1) is 16.3. The van der Waals surface area contributed by atoms with Gasteiger partial charge in [0.2, 0.25) is 11.7 Å². The molecule has 0 saturated heterocycles. The van der Waals surface area contributed by atoms with Gasteiger partial charge < -0.3 is 14.6 Å². The summed E-state index contributed by atoms with van der Waals surface area (Å²) < 4.78 is 20.4. The molecule has 0 spiro atoms. The number of benzene rings is 2. The van der Waals surface area contributed by atoms with Crippen LogP contribution in [0.5, 0.6) is 11.6 Å². The van der Waals surface area contributed by atoms with Crippen LogP contribution in [-0.4, -0.2) is 25.5 Å². The van der Waals surface area contributed by atoms with Crippen molar-refractivity contribution in [3.8, 4) is 39.3 Å². The largest absolute Gasteiger partial charge is 0.503 e. The minimum absolute atomic E-state index is 0.00722. The van der Waals surface area contributed by atoms with Crippen molar-refractivity contribution in [3.05, 3.63) is 94.5 Å². The number of aryl methyl sites for hydroxylation is 2. The second kappa shape index (κ2) is 8.31. The van der Waals surface area contributed by atoms with Gasteiger partial charge in [0.25, 0.3) is 0 Å². The van der Waals surface area contributed by atoms with E-state index in [2.05, 4.69) is 4.98 Å². The molecular weight excluding hydrogens is 455 g/mol. The maximum Gasteiger partial charge on any atom is 0.242 e. The number of carbonyl (C=O) groups excluding carboxylic acids is 1. The number of hydrogen-bond acceptors (Lipinski definition) is 6. The van der Waals surface area contributed by atoms with Gasteiger partial charge in [0, 0.05) is 10.9 Å². The van der Waals surface area contributed by atoms with Crippen molar-refractivity contribution < 1.29 is 23.8 Å². The Kier molecular flexibility index (Phi) is 5.30. The summed E-state index contributed by atoms with van der Waals surface area (Å²) in [5, 5.41) is 23.9. The molecule has 0 saturated carbocycles. The highest BCUT2D eigenvalue weighted by atomic mass is 32.1. The van der Waals surface area contributed by atoms with Crippen LogP contribution in [0.25, 0.3) is 27.6 Å². The van der Waals surface area contributed by atoms with Gasteiger partial charge in [-0.2, -0.15) is 0 Å². The molecule has 0 atom stereocenters. The van der Waals surface area contributed by atoms with Gasteiger partial charge in [-0.1, -0.05) is 29.8 Å². The van der Waals surface area contributed by atoms with E-state index in [0.717, 1.165) is 11.1 Å². The van der Waals surface area contributed by atoms with Crippen LogP contribution in [0.1, 0.15) is 27.4 Å². The summed E-state index contributed by atoms with van der Waals surface area (Å²) in [5.74, 6) is -1.69. The van der Waals surface area contributed by atoms with Crippen LogP contribution >= 0.6 is 11.3 Å². The van der Waals surface area contributed by atoms with Crippen LogP contribution in [0, 0.1) is 19.7 Å². The summed E-state index contributed by atoms with van der Waals surface area (Å²) in [6, 6.07) is 16.4. The van der Waals surface area contributed by atoms with E-state index in [1.54, 1.807) is 13.0 Å². The Labute approximate surface area is 198 Å². The molecule has 34 heavy (non-hydrogen) atoms. The Balaban J connectivity index is 1.72. The van der Waals surface area contributed by atoms with Gasteiger partial charge in [0.15, 0.2) is 16.6 Å². The fourth-order valence-electron chi connectivity index (χ4n) is 3.73. The third-order valence-electron chi connectivity index (χ3n) is 5.46. The van der Waals surface area contributed by atoms with Crippen molar-refractivity contribution in [1.82, 2.24) is 9.55 Å². The maximum atomic E-state index is 13.7. The highest BCUT2D eigenvalue weighted by molar-refractivity contribution is 7.12. The molecular formula is C26H19FN2O4S. The maximum absolute atomic E-state index is 13.7. The lowest BCUT2D eigenvalue weighted by Crippen LogP contribution is -2.04. The molecule has 170 valence electrons. The topological polar surface area (TPSA) is 88.5 Å². The number of hydrogen-bond donors (Lipinski definition) is 2. The minimum atomic E-state index is -0.616. The lowest BCUT2D eigenvalue weighted by atomic mass is 10.0. The number of furan rings is 1. The molecule has 3 heterocycles. The zero-order valence-electron chi connectivity index (χ0n) is 18.2. The van der Waals surface area contributed by atoms with Gasteiger partial charge >= 0.3 is 0 Å². The summed E-state index contributed by atoms with van der Waals surface area (Å²) in [7, 11) is 0. The molecule has 0 aliphatic heterocycles. The first kappa shape index (κ1) is 21.7. The van der Waals surface area contributed by atoms with Crippen molar-refractivity contribution in [1.29, 1.82) is 0 Å². The standard InChI is InChI=1S/C26H19FN2O4S/c1-14-3-6-16(7-4-14)19-13-34-26(28-19)29-22(17-8-10-18(27)11-9-17)21(24(31)25(29)32)23(30)20-12-5-15(2)33-20/h3-13,31-32H,1-2H3. The molecule has 0 bridgehead atoms. The van der Waals surface area contributed by atoms with E-state index in [-0.39, 0.29) is 17.0 Å². The molecule has 6 nitrogen and oxygen atoms in total. The van der Waals surface area contributed by atoms with Gasteiger partial charge in [-0.25, -0.2) is 9.37 Å². The second-order valence-corrected chi connectivity index (χ2v) is 8.70. The quantitative estimate of drug-likeness (QED) is 0.294. The van der Waals surface area contributed by atoms with E-state index in [1.165, 1.54) is 46.2 Å². The van der Waals surface area contributed by atoms with Gasteiger partial charge in [-0.05, 0) is 55.8 Å². The van der Waals surface area contributed by atoms with Crippen LogP contribution in [0.3, 0.4) is 0 Å².